The van der Waals surface area contributed by atoms with E-state index in [0.717, 1.165) is 5.56 Å². The second kappa shape index (κ2) is 5.08. The van der Waals surface area contributed by atoms with Crippen LogP contribution >= 0.6 is 11.3 Å². The van der Waals surface area contributed by atoms with E-state index in [1.807, 2.05) is 23.5 Å². The lowest BCUT2D eigenvalue weighted by molar-refractivity contribution is 0.475. The van der Waals surface area contributed by atoms with Gasteiger partial charge >= 0.3 is 0 Å². The molecule has 0 fully saturated rings. The first-order valence-electron chi connectivity index (χ1n) is 7.94. The normalized spacial score (nSPS) is 11.5. The monoisotopic (exact) mass is 326 g/mol. The van der Waals surface area contributed by atoms with E-state index in [1.165, 1.54) is 36.5 Å². The molecule has 1 N–H and O–H groups in total. The molecule has 0 spiro atoms. The highest BCUT2D eigenvalue weighted by atomic mass is 32.1. The van der Waals surface area contributed by atoms with Crippen LogP contribution < -0.4 is 0 Å². The van der Waals surface area contributed by atoms with E-state index in [1.54, 1.807) is 12.1 Å². The van der Waals surface area contributed by atoms with Gasteiger partial charge in [-0.3, -0.25) is 0 Å². The standard InChI is InChI=1S/C22H14OS/c23-16-11-9-14(10-12-16)21-17-6-2-1-5-15(17)13-20-22(21)18-7-3-4-8-19(18)24-20/h1-13,23H. The van der Waals surface area contributed by atoms with Gasteiger partial charge in [0.05, 0.1) is 0 Å². The molecular formula is C22H14OS. The van der Waals surface area contributed by atoms with Crippen molar-refractivity contribution >= 4 is 42.3 Å². The van der Waals surface area contributed by atoms with Crippen LogP contribution in [0.1, 0.15) is 0 Å². The van der Waals surface area contributed by atoms with Gasteiger partial charge in [-0.2, -0.15) is 0 Å². The summed E-state index contributed by atoms with van der Waals surface area (Å²) in [4.78, 5) is 0. The molecule has 1 heterocycles. The van der Waals surface area contributed by atoms with Crippen molar-refractivity contribution in [2.75, 3.05) is 0 Å². The Labute approximate surface area is 143 Å². The maximum absolute atomic E-state index is 9.66. The van der Waals surface area contributed by atoms with Crippen LogP contribution in [-0.4, -0.2) is 5.11 Å². The zero-order valence-corrected chi connectivity index (χ0v) is 13.7. The van der Waals surface area contributed by atoms with Crippen molar-refractivity contribution in [1.29, 1.82) is 0 Å². The number of benzene rings is 4. The Morgan fingerprint density at radius 1 is 0.667 bits per heavy atom. The highest BCUT2D eigenvalue weighted by Gasteiger charge is 2.14. The summed E-state index contributed by atoms with van der Waals surface area (Å²) in [6.45, 7) is 0. The van der Waals surface area contributed by atoms with Crippen LogP contribution in [-0.2, 0) is 0 Å². The minimum atomic E-state index is 0.297. The molecule has 0 aliphatic heterocycles. The number of aromatic hydroxyl groups is 1. The molecule has 0 aliphatic rings. The highest BCUT2D eigenvalue weighted by Crippen LogP contribution is 2.44. The van der Waals surface area contributed by atoms with Gasteiger partial charge in [-0.25, -0.2) is 0 Å². The molecule has 1 aromatic heterocycles. The number of fused-ring (bicyclic) bond motifs is 4. The molecule has 0 saturated carbocycles. The minimum Gasteiger partial charge on any atom is -0.508 e. The molecular weight excluding hydrogens is 312 g/mol. The summed E-state index contributed by atoms with van der Waals surface area (Å²) in [7, 11) is 0. The van der Waals surface area contributed by atoms with Crippen molar-refractivity contribution in [3.8, 4) is 16.9 Å². The lowest BCUT2D eigenvalue weighted by Gasteiger charge is -2.10. The average molecular weight is 326 g/mol. The Morgan fingerprint density at radius 2 is 1.38 bits per heavy atom. The van der Waals surface area contributed by atoms with E-state index in [2.05, 4.69) is 54.6 Å². The van der Waals surface area contributed by atoms with Gasteiger partial charge in [0, 0.05) is 20.2 Å². The molecule has 5 rings (SSSR count). The van der Waals surface area contributed by atoms with Gasteiger partial charge in [0.1, 0.15) is 5.75 Å². The molecule has 2 heteroatoms. The van der Waals surface area contributed by atoms with Crippen molar-refractivity contribution in [3.63, 3.8) is 0 Å². The number of hydrogen-bond donors (Lipinski definition) is 1. The van der Waals surface area contributed by atoms with Crippen molar-refractivity contribution in [2.45, 2.75) is 0 Å². The molecule has 114 valence electrons. The predicted molar refractivity (Wildman–Crippen MR) is 104 cm³/mol. The van der Waals surface area contributed by atoms with Gasteiger partial charge in [0.2, 0.25) is 0 Å². The zero-order valence-electron chi connectivity index (χ0n) is 12.9. The fraction of sp³-hybridized carbons (Fsp3) is 0. The number of thiophene rings is 1. The van der Waals surface area contributed by atoms with E-state index in [9.17, 15) is 5.11 Å². The van der Waals surface area contributed by atoms with Crippen LogP contribution in [0.15, 0.2) is 78.9 Å². The zero-order chi connectivity index (χ0) is 16.1. The van der Waals surface area contributed by atoms with Gasteiger partial charge in [-0.15, -0.1) is 11.3 Å². The summed E-state index contributed by atoms with van der Waals surface area (Å²) in [6.07, 6.45) is 0. The van der Waals surface area contributed by atoms with Crippen LogP contribution in [0.5, 0.6) is 5.75 Å². The second-order valence-corrected chi connectivity index (χ2v) is 7.07. The number of hydrogen-bond acceptors (Lipinski definition) is 2. The van der Waals surface area contributed by atoms with E-state index in [0.29, 0.717) is 5.75 Å². The van der Waals surface area contributed by atoms with Crippen LogP contribution in [0.2, 0.25) is 0 Å². The molecule has 5 aromatic rings. The molecule has 0 saturated heterocycles. The second-order valence-electron chi connectivity index (χ2n) is 5.99. The Bertz CT molecular complexity index is 1200. The van der Waals surface area contributed by atoms with Gasteiger partial charge in [0.25, 0.3) is 0 Å². The maximum atomic E-state index is 9.66. The summed E-state index contributed by atoms with van der Waals surface area (Å²) in [5.41, 5.74) is 2.39. The Balaban J connectivity index is 2.04. The average Bonchev–Trinajstić information content (AvgIpc) is 2.98. The molecule has 0 atom stereocenters. The van der Waals surface area contributed by atoms with Crippen LogP contribution in [0.3, 0.4) is 0 Å². The Morgan fingerprint density at radius 3 is 2.21 bits per heavy atom. The smallest absolute Gasteiger partial charge is 0.115 e. The summed E-state index contributed by atoms with van der Waals surface area (Å²) in [5, 5.41) is 14.8. The first-order valence-corrected chi connectivity index (χ1v) is 8.75. The third-order valence-corrected chi connectivity index (χ3v) is 5.66. The van der Waals surface area contributed by atoms with E-state index in [4.69, 9.17) is 0 Å². The van der Waals surface area contributed by atoms with Crippen molar-refractivity contribution in [2.24, 2.45) is 0 Å². The molecule has 0 unspecified atom stereocenters. The number of phenols is 1. The SMILES string of the molecule is Oc1ccc(-c2c3ccccc3cc3sc4ccccc4c23)cc1. The van der Waals surface area contributed by atoms with E-state index >= 15 is 0 Å². The minimum absolute atomic E-state index is 0.297. The molecule has 0 aliphatic carbocycles. The van der Waals surface area contributed by atoms with E-state index < -0.39 is 0 Å². The summed E-state index contributed by atoms with van der Waals surface area (Å²) < 4.78 is 2.61. The quantitative estimate of drug-likeness (QED) is 0.369. The fourth-order valence-electron chi connectivity index (χ4n) is 3.48. The highest BCUT2D eigenvalue weighted by molar-refractivity contribution is 7.26. The van der Waals surface area contributed by atoms with Crippen LogP contribution in [0.25, 0.3) is 42.1 Å². The van der Waals surface area contributed by atoms with Crippen molar-refractivity contribution < 1.29 is 5.11 Å². The van der Waals surface area contributed by atoms with Gasteiger partial charge < -0.3 is 5.11 Å². The van der Waals surface area contributed by atoms with Gasteiger partial charge in [-0.1, -0.05) is 54.6 Å². The molecule has 24 heavy (non-hydrogen) atoms. The predicted octanol–water partition coefficient (Wildman–Crippen LogP) is 6.58. The Hall–Kier alpha value is -2.84. The fourth-order valence-corrected chi connectivity index (χ4v) is 4.64. The lowest BCUT2D eigenvalue weighted by atomic mass is 9.93. The van der Waals surface area contributed by atoms with Gasteiger partial charge in [-0.05, 0) is 46.2 Å². The van der Waals surface area contributed by atoms with Crippen molar-refractivity contribution in [3.05, 3.63) is 78.9 Å². The third-order valence-electron chi connectivity index (χ3n) is 4.55. The number of rotatable bonds is 1. The summed E-state index contributed by atoms with van der Waals surface area (Å²) in [6, 6.07) is 26.9. The molecule has 1 nitrogen and oxygen atoms in total. The molecule has 0 radical (unpaired) electrons. The molecule has 0 amide bonds. The molecule has 0 bridgehead atoms. The van der Waals surface area contributed by atoms with Crippen LogP contribution in [0, 0.1) is 0 Å². The van der Waals surface area contributed by atoms with Crippen molar-refractivity contribution in [1.82, 2.24) is 0 Å². The molecule has 4 aromatic carbocycles. The summed E-state index contributed by atoms with van der Waals surface area (Å²) in [5.74, 6) is 0.297. The third kappa shape index (κ3) is 1.93. The van der Waals surface area contributed by atoms with Gasteiger partial charge in [0.15, 0.2) is 0 Å². The first kappa shape index (κ1) is 13.6. The van der Waals surface area contributed by atoms with E-state index in [-0.39, 0.29) is 0 Å². The van der Waals surface area contributed by atoms with Crippen LogP contribution in [0.4, 0.5) is 0 Å². The largest absolute Gasteiger partial charge is 0.508 e. The number of phenolic OH excluding ortho intramolecular Hbond substituents is 1. The Kier molecular flexibility index (Phi) is 2.88. The lowest BCUT2D eigenvalue weighted by Crippen LogP contribution is -1.83. The maximum Gasteiger partial charge on any atom is 0.115 e. The topological polar surface area (TPSA) is 20.2 Å². The first-order chi connectivity index (χ1) is 11.8. The summed E-state index contributed by atoms with van der Waals surface area (Å²) >= 11 is 1.84.